The molecule has 4 rings (SSSR count). The Kier molecular flexibility index (Phi) is 4.52. The molecule has 0 radical (unpaired) electrons. The number of aromatic nitrogens is 4. The number of piperidine rings is 1. The summed E-state index contributed by atoms with van der Waals surface area (Å²) in [6.07, 6.45) is 7.11. The van der Waals surface area contributed by atoms with Gasteiger partial charge in [-0.1, -0.05) is 29.8 Å². The van der Waals surface area contributed by atoms with Crippen molar-refractivity contribution in [1.82, 2.24) is 25.1 Å². The maximum atomic E-state index is 5.87. The predicted molar refractivity (Wildman–Crippen MR) is 93.8 cm³/mol. The Morgan fingerprint density at radius 3 is 2.84 bits per heavy atom. The van der Waals surface area contributed by atoms with Crippen molar-refractivity contribution in [1.29, 1.82) is 0 Å². The van der Waals surface area contributed by atoms with Crippen LogP contribution in [-0.4, -0.2) is 38.2 Å². The fourth-order valence-electron chi connectivity index (χ4n) is 3.26. The summed E-state index contributed by atoms with van der Waals surface area (Å²) in [6, 6.07) is 8.75. The number of hydrogen-bond acceptors (Lipinski definition) is 6. The molecule has 128 valence electrons. The lowest BCUT2D eigenvalue weighted by Gasteiger charge is -2.31. The first-order chi connectivity index (χ1) is 12.3. The van der Waals surface area contributed by atoms with Crippen LogP contribution in [0.1, 0.15) is 35.8 Å². The quantitative estimate of drug-likeness (QED) is 0.729. The van der Waals surface area contributed by atoms with Gasteiger partial charge < -0.3 is 4.42 Å². The maximum absolute atomic E-state index is 5.87. The highest BCUT2D eigenvalue weighted by atomic mass is 16.4. The molecule has 6 nitrogen and oxygen atoms in total. The molecule has 1 saturated heterocycles. The Morgan fingerprint density at radius 1 is 1.16 bits per heavy atom. The molecular weight excluding hydrogens is 314 g/mol. The van der Waals surface area contributed by atoms with Gasteiger partial charge in [-0.05, 0) is 31.9 Å². The van der Waals surface area contributed by atoms with Crippen molar-refractivity contribution in [2.75, 3.05) is 13.1 Å². The van der Waals surface area contributed by atoms with Gasteiger partial charge in [-0.15, -0.1) is 10.2 Å². The first-order valence-corrected chi connectivity index (χ1v) is 8.65. The Labute approximate surface area is 146 Å². The van der Waals surface area contributed by atoms with Crippen molar-refractivity contribution in [3.8, 4) is 11.6 Å². The summed E-state index contributed by atoms with van der Waals surface area (Å²) in [5.74, 6) is 1.42. The summed E-state index contributed by atoms with van der Waals surface area (Å²) in [4.78, 5) is 10.7. The van der Waals surface area contributed by atoms with E-state index in [2.05, 4.69) is 56.3 Å². The Morgan fingerprint density at radius 2 is 2.04 bits per heavy atom. The van der Waals surface area contributed by atoms with Crippen LogP contribution < -0.4 is 0 Å². The molecule has 0 amide bonds. The zero-order chi connectivity index (χ0) is 17.1. The molecule has 3 aromatic rings. The minimum Gasteiger partial charge on any atom is -0.419 e. The van der Waals surface area contributed by atoms with E-state index in [0.29, 0.717) is 17.5 Å². The van der Waals surface area contributed by atoms with Gasteiger partial charge in [0.2, 0.25) is 5.89 Å². The molecular formula is C19H21N5O. The van der Waals surface area contributed by atoms with Crippen molar-refractivity contribution in [2.24, 2.45) is 0 Å². The molecule has 25 heavy (non-hydrogen) atoms. The number of likely N-dealkylation sites (tertiary alicyclic amines) is 1. The molecule has 6 heteroatoms. The first kappa shape index (κ1) is 15.9. The average Bonchev–Trinajstić information content (AvgIpc) is 3.15. The molecule has 3 heterocycles. The molecule has 0 unspecified atom stereocenters. The van der Waals surface area contributed by atoms with E-state index >= 15 is 0 Å². The van der Waals surface area contributed by atoms with E-state index in [1.165, 1.54) is 11.1 Å². The van der Waals surface area contributed by atoms with Crippen molar-refractivity contribution in [3.05, 3.63) is 59.9 Å². The number of hydrogen-bond donors (Lipinski definition) is 0. The highest BCUT2D eigenvalue weighted by Gasteiger charge is 2.26. The van der Waals surface area contributed by atoms with E-state index in [-0.39, 0.29) is 5.92 Å². The van der Waals surface area contributed by atoms with E-state index in [9.17, 15) is 0 Å². The van der Waals surface area contributed by atoms with Crippen LogP contribution in [0.25, 0.3) is 11.6 Å². The zero-order valence-corrected chi connectivity index (χ0v) is 14.3. The third-order valence-corrected chi connectivity index (χ3v) is 4.60. The van der Waals surface area contributed by atoms with E-state index < -0.39 is 0 Å². The van der Waals surface area contributed by atoms with Gasteiger partial charge in [-0.3, -0.25) is 9.88 Å². The number of aryl methyl sites for hydroxylation is 1. The molecule has 0 N–H and O–H groups in total. The van der Waals surface area contributed by atoms with Crippen LogP contribution in [0, 0.1) is 6.92 Å². The molecule has 1 aliphatic rings. The molecule has 0 saturated carbocycles. The van der Waals surface area contributed by atoms with Crippen LogP contribution in [0.4, 0.5) is 0 Å². The minimum absolute atomic E-state index is 0.275. The fourth-order valence-corrected chi connectivity index (χ4v) is 3.26. The lowest BCUT2D eigenvalue weighted by molar-refractivity contribution is 0.186. The summed E-state index contributed by atoms with van der Waals surface area (Å²) in [5, 5.41) is 8.40. The van der Waals surface area contributed by atoms with Gasteiger partial charge in [-0.2, -0.15) is 0 Å². The van der Waals surface area contributed by atoms with Gasteiger partial charge >= 0.3 is 0 Å². The minimum atomic E-state index is 0.275. The SMILES string of the molecule is Cc1ccc(CN2CCC[C@H](c3nnc(-c4cnccn4)o3)C2)cc1. The summed E-state index contributed by atoms with van der Waals surface area (Å²) < 4.78 is 5.87. The van der Waals surface area contributed by atoms with Gasteiger partial charge in [0, 0.05) is 25.5 Å². The smallest absolute Gasteiger partial charge is 0.267 e. The van der Waals surface area contributed by atoms with Crippen molar-refractivity contribution in [2.45, 2.75) is 32.2 Å². The monoisotopic (exact) mass is 335 g/mol. The van der Waals surface area contributed by atoms with Crippen LogP contribution in [0.3, 0.4) is 0 Å². The summed E-state index contributed by atoms with van der Waals surface area (Å²) >= 11 is 0. The average molecular weight is 335 g/mol. The standard InChI is InChI=1S/C19H21N5O/c1-14-4-6-15(7-5-14)12-24-10-2-3-16(13-24)18-22-23-19(25-18)17-11-20-8-9-21-17/h4-9,11,16H,2-3,10,12-13H2,1H3/t16-/m0/s1. The first-order valence-electron chi connectivity index (χ1n) is 8.65. The summed E-state index contributed by atoms with van der Waals surface area (Å²) in [6.45, 7) is 5.12. The topological polar surface area (TPSA) is 67.9 Å². The number of benzene rings is 1. The molecule has 0 bridgehead atoms. The lowest BCUT2D eigenvalue weighted by Crippen LogP contribution is -2.34. The highest BCUT2D eigenvalue weighted by Crippen LogP contribution is 2.28. The van der Waals surface area contributed by atoms with Gasteiger partial charge in [0.05, 0.1) is 12.1 Å². The van der Waals surface area contributed by atoms with Crippen LogP contribution in [0.2, 0.25) is 0 Å². The Bertz CT molecular complexity index is 815. The molecule has 1 atom stereocenters. The van der Waals surface area contributed by atoms with Gasteiger partial charge in [0.15, 0.2) is 0 Å². The zero-order valence-electron chi connectivity index (χ0n) is 14.3. The summed E-state index contributed by atoms with van der Waals surface area (Å²) in [5.41, 5.74) is 3.26. The molecule has 1 aromatic carbocycles. The normalized spacial score (nSPS) is 18.4. The van der Waals surface area contributed by atoms with Crippen molar-refractivity contribution in [3.63, 3.8) is 0 Å². The second kappa shape index (κ2) is 7.11. The third-order valence-electron chi connectivity index (χ3n) is 4.60. The van der Waals surface area contributed by atoms with Crippen LogP contribution in [0.5, 0.6) is 0 Å². The lowest BCUT2D eigenvalue weighted by atomic mass is 9.97. The Balaban J connectivity index is 1.44. The molecule has 2 aromatic heterocycles. The van der Waals surface area contributed by atoms with E-state index in [1.54, 1.807) is 18.6 Å². The predicted octanol–water partition coefficient (Wildman–Crippen LogP) is 3.21. The van der Waals surface area contributed by atoms with Gasteiger partial charge in [0.25, 0.3) is 5.89 Å². The molecule has 1 fully saturated rings. The van der Waals surface area contributed by atoms with Crippen molar-refractivity contribution >= 4 is 0 Å². The maximum Gasteiger partial charge on any atom is 0.267 e. The fraction of sp³-hybridized carbons (Fsp3) is 0.368. The second-order valence-corrected chi connectivity index (χ2v) is 6.60. The van der Waals surface area contributed by atoms with E-state index in [1.807, 2.05) is 0 Å². The van der Waals surface area contributed by atoms with Crippen LogP contribution in [-0.2, 0) is 6.54 Å². The number of rotatable bonds is 4. The van der Waals surface area contributed by atoms with E-state index in [0.717, 1.165) is 32.5 Å². The summed E-state index contributed by atoms with van der Waals surface area (Å²) in [7, 11) is 0. The molecule has 0 spiro atoms. The molecule has 1 aliphatic heterocycles. The van der Waals surface area contributed by atoms with Crippen molar-refractivity contribution < 1.29 is 4.42 Å². The van der Waals surface area contributed by atoms with Gasteiger partial charge in [-0.25, -0.2) is 4.98 Å². The van der Waals surface area contributed by atoms with Crippen LogP contribution in [0.15, 0.2) is 47.3 Å². The van der Waals surface area contributed by atoms with Crippen LogP contribution >= 0.6 is 0 Å². The largest absolute Gasteiger partial charge is 0.419 e. The Hall–Kier alpha value is -2.60. The number of nitrogens with zero attached hydrogens (tertiary/aromatic N) is 5. The van der Waals surface area contributed by atoms with E-state index in [4.69, 9.17) is 4.42 Å². The highest BCUT2D eigenvalue weighted by molar-refractivity contribution is 5.43. The molecule has 0 aliphatic carbocycles. The second-order valence-electron chi connectivity index (χ2n) is 6.60. The van der Waals surface area contributed by atoms with Gasteiger partial charge in [0.1, 0.15) is 5.69 Å². The third kappa shape index (κ3) is 3.74.